The first kappa shape index (κ1) is 16.6. The highest BCUT2D eigenvalue weighted by atomic mass is 16.3. The van der Waals surface area contributed by atoms with E-state index in [4.69, 9.17) is 5.73 Å². The van der Waals surface area contributed by atoms with Crippen LogP contribution in [0.25, 0.3) is 17.0 Å². The Bertz CT molecular complexity index is 973. The summed E-state index contributed by atoms with van der Waals surface area (Å²) in [5, 5.41) is 29.3. The average molecular weight is 338 g/mol. The number of phenolic OH excluding ortho intramolecular Hbond substituents is 3. The lowest BCUT2D eigenvalue weighted by atomic mass is 10.1. The molecule has 1 heterocycles. The van der Waals surface area contributed by atoms with E-state index in [1.165, 1.54) is 28.8 Å². The molecule has 3 rings (SSSR count). The van der Waals surface area contributed by atoms with E-state index in [0.29, 0.717) is 24.0 Å². The second kappa shape index (κ2) is 6.70. The molecule has 0 bridgehead atoms. The largest absolute Gasteiger partial charge is 0.508 e. The summed E-state index contributed by atoms with van der Waals surface area (Å²) in [6, 6.07) is 9.14. The van der Waals surface area contributed by atoms with E-state index < -0.39 is 0 Å². The van der Waals surface area contributed by atoms with E-state index in [1.54, 1.807) is 30.5 Å². The predicted molar refractivity (Wildman–Crippen MR) is 95.8 cm³/mol. The zero-order valence-electron chi connectivity index (χ0n) is 13.4. The lowest BCUT2D eigenvalue weighted by Gasteiger charge is -2.01. The minimum absolute atomic E-state index is 0.131. The van der Waals surface area contributed by atoms with Crippen LogP contribution in [0.15, 0.2) is 48.7 Å². The fraction of sp³-hybridized carbons (Fsp3) is 0.105. The van der Waals surface area contributed by atoms with Crippen LogP contribution in [-0.4, -0.2) is 32.3 Å². The first-order chi connectivity index (χ1) is 12.0. The molecule has 25 heavy (non-hydrogen) atoms. The second-order valence-electron chi connectivity index (χ2n) is 5.68. The van der Waals surface area contributed by atoms with Gasteiger partial charge in [-0.05, 0) is 60.5 Å². The minimum Gasteiger partial charge on any atom is -0.508 e. The van der Waals surface area contributed by atoms with Crippen LogP contribution in [0.5, 0.6) is 17.2 Å². The van der Waals surface area contributed by atoms with Gasteiger partial charge in [0.05, 0.1) is 5.52 Å². The third kappa shape index (κ3) is 3.34. The Morgan fingerprint density at radius 3 is 2.60 bits per heavy atom. The first-order valence-corrected chi connectivity index (χ1v) is 7.77. The molecular weight excluding hydrogens is 320 g/mol. The smallest absolute Gasteiger partial charge is 0.255 e. The third-order valence-corrected chi connectivity index (χ3v) is 3.94. The van der Waals surface area contributed by atoms with E-state index >= 15 is 0 Å². The van der Waals surface area contributed by atoms with Gasteiger partial charge in [0.25, 0.3) is 5.91 Å². The topological polar surface area (TPSA) is 109 Å². The number of rotatable bonds is 4. The molecular formula is C19H18N2O4. The predicted octanol–water partition coefficient (Wildman–Crippen LogP) is 2.61. The number of phenols is 3. The quantitative estimate of drug-likeness (QED) is 0.432. The van der Waals surface area contributed by atoms with E-state index in [-0.39, 0.29) is 23.2 Å². The summed E-state index contributed by atoms with van der Waals surface area (Å²) in [7, 11) is 0. The van der Waals surface area contributed by atoms with Crippen LogP contribution in [0.2, 0.25) is 0 Å². The molecule has 3 aromatic rings. The van der Waals surface area contributed by atoms with Gasteiger partial charge in [0.2, 0.25) is 0 Å². The zero-order valence-corrected chi connectivity index (χ0v) is 13.4. The summed E-state index contributed by atoms with van der Waals surface area (Å²) in [6.45, 7) is 0.436. The van der Waals surface area contributed by atoms with Crippen molar-refractivity contribution in [1.82, 2.24) is 4.57 Å². The monoisotopic (exact) mass is 338 g/mol. The molecule has 0 spiro atoms. The van der Waals surface area contributed by atoms with Crippen molar-refractivity contribution in [2.75, 3.05) is 6.54 Å². The van der Waals surface area contributed by atoms with E-state index in [0.717, 1.165) is 10.9 Å². The number of aromatic hydroxyl groups is 3. The number of nitrogens with zero attached hydrogens (tertiary/aromatic N) is 1. The molecule has 0 saturated carbocycles. The molecule has 6 heteroatoms. The summed E-state index contributed by atoms with van der Waals surface area (Å²) < 4.78 is 1.50. The van der Waals surface area contributed by atoms with Crippen molar-refractivity contribution < 1.29 is 20.1 Å². The van der Waals surface area contributed by atoms with Gasteiger partial charge in [0.1, 0.15) is 5.75 Å². The molecule has 0 saturated heterocycles. The van der Waals surface area contributed by atoms with Crippen LogP contribution >= 0.6 is 0 Å². The van der Waals surface area contributed by atoms with Crippen molar-refractivity contribution in [1.29, 1.82) is 0 Å². The van der Waals surface area contributed by atoms with E-state index in [2.05, 4.69) is 0 Å². The Hall–Kier alpha value is -3.25. The fourth-order valence-corrected chi connectivity index (χ4v) is 2.72. The number of carbonyl (C=O) groups is 1. The maximum Gasteiger partial charge on any atom is 0.255 e. The maximum absolute atomic E-state index is 12.6. The Kier molecular flexibility index (Phi) is 4.45. The molecule has 5 N–H and O–H groups in total. The molecule has 0 unspecified atom stereocenters. The van der Waals surface area contributed by atoms with Gasteiger partial charge in [-0.15, -0.1) is 0 Å². The number of allylic oxidation sites excluding steroid dienone is 1. The van der Waals surface area contributed by atoms with Crippen molar-refractivity contribution in [3.8, 4) is 17.2 Å². The van der Waals surface area contributed by atoms with Gasteiger partial charge in [-0.3, -0.25) is 9.36 Å². The number of hydrogen-bond donors (Lipinski definition) is 4. The Balaban J connectivity index is 1.96. The number of aromatic nitrogens is 1. The molecule has 0 amide bonds. The van der Waals surface area contributed by atoms with Gasteiger partial charge in [-0.1, -0.05) is 6.07 Å². The molecule has 0 radical (unpaired) electrons. The first-order valence-electron chi connectivity index (χ1n) is 7.77. The van der Waals surface area contributed by atoms with Crippen molar-refractivity contribution in [3.05, 3.63) is 59.8 Å². The molecule has 6 nitrogen and oxygen atoms in total. The third-order valence-electron chi connectivity index (χ3n) is 3.94. The standard InChI is InChI=1S/C19H18N2O4/c20-8-7-13-11-21(16-4-3-14(22)10-15(13)16)19(25)6-2-12-1-5-17(23)18(24)9-12/h1-6,9-11,22-24H,7-8,20H2. The van der Waals surface area contributed by atoms with Gasteiger partial charge >= 0.3 is 0 Å². The maximum atomic E-state index is 12.6. The molecule has 128 valence electrons. The zero-order chi connectivity index (χ0) is 18.0. The molecule has 0 aliphatic carbocycles. The average Bonchev–Trinajstić information content (AvgIpc) is 2.94. The Morgan fingerprint density at radius 2 is 1.88 bits per heavy atom. The highest BCUT2D eigenvalue weighted by Crippen LogP contribution is 2.27. The van der Waals surface area contributed by atoms with Crippen molar-refractivity contribution in [2.24, 2.45) is 5.73 Å². The summed E-state index contributed by atoms with van der Waals surface area (Å²) in [5.74, 6) is -0.606. The summed E-state index contributed by atoms with van der Waals surface area (Å²) in [6.07, 6.45) is 5.24. The second-order valence-corrected chi connectivity index (χ2v) is 5.68. The van der Waals surface area contributed by atoms with Gasteiger partial charge in [-0.25, -0.2) is 0 Å². The normalized spacial score (nSPS) is 11.4. The fourth-order valence-electron chi connectivity index (χ4n) is 2.72. The molecule has 0 aliphatic rings. The summed E-state index contributed by atoms with van der Waals surface area (Å²) in [5.41, 5.74) is 7.78. The van der Waals surface area contributed by atoms with Crippen molar-refractivity contribution in [2.45, 2.75) is 6.42 Å². The van der Waals surface area contributed by atoms with Crippen molar-refractivity contribution >= 4 is 22.9 Å². The minimum atomic E-state index is -0.272. The molecule has 0 atom stereocenters. The van der Waals surface area contributed by atoms with E-state index in [9.17, 15) is 20.1 Å². The highest BCUT2D eigenvalue weighted by Gasteiger charge is 2.12. The van der Waals surface area contributed by atoms with Crippen LogP contribution < -0.4 is 5.73 Å². The molecule has 1 aromatic heterocycles. The molecule has 0 fully saturated rings. The Morgan fingerprint density at radius 1 is 1.08 bits per heavy atom. The van der Waals surface area contributed by atoms with Crippen molar-refractivity contribution in [3.63, 3.8) is 0 Å². The number of carbonyl (C=O) groups excluding carboxylic acids is 1. The van der Waals surface area contributed by atoms with Crippen LogP contribution in [0.3, 0.4) is 0 Å². The summed E-state index contributed by atoms with van der Waals surface area (Å²) >= 11 is 0. The molecule has 2 aromatic carbocycles. The lowest BCUT2D eigenvalue weighted by molar-refractivity contribution is 0.0974. The summed E-state index contributed by atoms with van der Waals surface area (Å²) in [4.78, 5) is 12.6. The number of hydrogen-bond acceptors (Lipinski definition) is 5. The van der Waals surface area contributed by atoms with Crippen LogP contribution in [-0.2, 0) is 6.42 Å². The molecule has 0 aliphatic heterocycles. The van der Waals surface area contributed by atoms with Gasteiger partial charge in [0, 0.05) is 17.7 Å². The van der Waals surface area contributed by atoms with Gasteiger partial charge in [-0.2, -0.15) is 0 Å². The number of nitrogens with two attached hydrogens (primary N) is 1. The van der Waals surface area contributed by atoms with Crippen LogP contribution in [0.1, 0.15) is 15.9 Å². The lowest BCUT2D eigenvalue weighted by Crippen LogP contribution is -2.06. The number of benzene rings is 2. The number of fused-ring (bicyclic) bond motifs is 1. The van der Waals surface area contributed by atoms with Crippen LogP contribution in [0, 0.1) is 0 Å². The Labute approximate surface area is 144 Å². The van der Waals surface area contributed by atoms with Gasteiger partial charge < -0.3 is 21.1 Å². The SMILES string of the molecule is NCCc1cn(C(=O)C=Cc2ccc(O)c(O)c2)c2ccc(O)cc12. The van der Waals surface area contributed by atoms with E-state index in [1.807, 2.05) is 0 Å². The highest BCUT2D eigenvalue weighted by molar-refractivity contribution is 6.01. The van der Waals surface area contributed by atoms with Gasteiger partial charge in [0.15, 0.2) is 11.5 Å². The van der Waals surface area contributed by atoms with Crippen LogP contribution in [0.4, 0.5) is 0 Å².